The second kappa shape index (κ2) is 9.07. The molecular weight excluding hydrogens is 466 g/mol. The Labute approximate surface area is 203 Å². The Balaban J connectivity index is 1.44. The smallest absolute Gasteiger partial charge is 0.269 e. The molecular formula is C26H25N3O5S. The van der Waals surface area contributed by atoms with Gasteiger partial charge in [0.1, 0.15) is 5.75 Å². The van der Waals surface area contributed by atoms with Crippen molar-refractivity contribution in [3.05, 3.63) is 100 Å². The average molecular weight is 492 g/mol. The minimum Gasteiger partial charge on any atom is -0.494 e. The number of non-ortho nitro benzene ring substituents is 1. The lowest BCUT2D eigenvalue weighted by atomic mass is 9.77. The third-order valence-corrected chi connectivity index (χ3v) is 7.88. The van der Waals surface area contributed by atoms with Crippen molar-refractivity contribution in [2.45, 2.75) is 30.2 Å². The fourth-order valence-electron chi connectivity index (χ4n) is 4.90. The summed E-state index contributed by atoms with van der Waals surface area (Å²) in [6.07, 6.45) is 4.99. The van der Waals surface area contributed by atoms with Gasteiger partial charge in [0.25, 0.3) is 15.7 Å². The lowest BCUT2D eigenvalue weighted by Crippen LogP contribution is -2.29. The molecule has 0 amide bonds. The molecule has 180 valence electrons. The van der Waals surface area contributed by atoms with Crippen LogP contribution in [-0.2, 0) is 10.0 Å². The lowest BCUT2D eigenvalue weighted by Gasteiger charge is -2.37. The fraction of sp³-hybridized carbons (Fsp3) is 0.231. The van der Waals surface area contributed by atoms with E-state index in [9.17, 15) is 18.5 Å². The molecule has 0 fully saturated rings. The van der Waals surface area contributed by atoms with Crippen LogP contribution in [0.15, 0.2) is 83.8 Å². The first-order valence-electron chi connectivity index (χ1n) is 11.4. The zero-order valence-electron chi connectivity index (χ0n) is 19.0. The van der Waals surface area contributed by atoms with Crippen molar-refractivity contribution in [1.82, 2.24) is 0 Å². The first-order valence-corrected chi connectivity index (χ1v) is 12.9. The highest BCUT2D eigenvalue weighted by Crippen LogP contribution is 2.50. The number of nitro groups is 1. The van der Waals surface area contributed by atoms with E-state index in [1.54, 1.807) is 54.6 Å². The number of hydrogen-bond donors (Lipinski definition) is 2. The van der Waals surface area contributed by atoms with Gasteiger partial charge in [0.05, 0.1) is 22.5 Å². The van der Waals surface area contributed by atoms with Gasteiger partial charge in [-0.3, -0.25) is 14.8 Å². The van der Waals surface area contributed by atoms with Crippen LogP contribution in [0.4, 0.5) is 17.1 Å². The van der Waals surface area contributed by atoms with Crippen LogP contribution in [0.2, 0.25) is 0 Å². The maximum Gasteiger partial charge on any atom is 0.269 e. The number of rotatable bonds is 7. The third kappa shape index (κ3) is 4.46. The molecule has 2 N–H and O–H groups in total. The summed E-state index contributed by atoms with van der Waals surface area (Å²) in [6.45, 7) is 2.42. The molecule has 0 saturated carbocycles. The quantitative estimate of drug-likeness (QED) is 0.252. The van der Waals surface area contributed by atoms with E-state index in [-0.39, 0.29) is 33.4 Å². The molecule has 3 atom stereocenters. The average Bonchev–Trinajstić information content (AvgIpc) is 3.35. The van der Waals surface area contributed by atoms with Crippen LogP contribution in [0.5, 0.6) is 5.75 Å². The van der Waals surface area contributed by atoms with E-state index in [4.69, 9.17) is 4.74 Å². The minimum absolute atomic E-state index is 0.0103. The zero-order chi connectivity index (χ0) is 24.6. The molecule has 3 aromatic rings. The summed E-state index contributed by atoms with van der Waals surface area (Å²) in [4.78, 5) is 11.1. The molecule has 0 unspecified atom stereocenters. The first kappa shape index (κ1) is 22.9. The Kier molecular flexibility index (Phi) is 5.94. The van der Waals surface area contributed by atoms with Crippen LogP contribution >= 0.6 is 0 Å². The molecule has 35 heavy (non-hydrogen) atoms. The van der Waals surface area contributed by atoms with Gasteiger partial charge in [-0.15, -0.1) is 0 Å². The lowest BCUT2D eigenvalue weighted by molar-refractivity contribution is -0.384. The third-order valence-electron chi connectivity index (χ3n) is 6.50. The normalized spacial score (nSPS) is 20.4. The van der Waals surface area contributed by atoms with Crippen molar-refractivity contribution in [3.8, 4) is 5.75 Å². The number of benzene rings is 3. The van der Waals surface area contributed by atoms with E-state index < -0.39 is 10.0 Å². The predicted octanol–water partition coefficient (Wildman–Crippen LogP) is 5.62. The summed E-state index contributed by atoms with van der Waals surface area (Å²) in [5.41, 5.74) is 3.08. The van der Waals surface area contributed by atoms with Crippen molar-refractivity contribution in [2.75, 3.05) is 16.6 Å². The molecule has 8 nitrogen and oxygen atoms in total. The van der Waals surface area contributed by atoms with Gasteiger partial charge in [0.2, 0.25) is 0 Å². The number of hydrogen-bond acceptors (Lipinski definition) is 6. The van der Waals surface area contributed by atoms with Crippen LogP contribution in [0.25, 0.3) is 0 Å². The summed E-state index contributed by atoms with van der Waals surface area (Å²) >= 11 is 0. The fourth-order valence-corrected chi connectivity index (χ4v) is 5.99. The topological polar surface area (TPSA) is 111 Å². The summed E-state index contributed by atoms with van der Waals surface area (Å²) in [7, 11) is -3.80. The molecule has 0 radical (unpaired) electrons. The van der Waals surface area contributed by atoms with Gasteiger partial charge in [0.15, 0.2) is 0 Å². The van der Waals surface area contributed by atoms with E-state index in [2.05, 4.69) is 22.2 Å². The van der Waals surface area contributed by atoms with Gasteiger partial charge in [-0.05, 0) is 72.9 Å². The molecule has 5 rings (SSSR count). The van der Waals surface area contributed by atoms with Crippen LogP contribution in [0.3, 0.4) is 0 Å². The van der Waals surface area contributed by atoms with E-state index >= 15 is 0 Å². The van der Waals surface area contributed by atoms with Gasteiger partial charge >= 0.3 is 0 Å². The van der Waals surface area contributed by atoms with Gasteiger partial charge in [0, 0.05) is 29.4 Å². The molecule has 0 aromatic heterocycles. The number of ether oxygens (including phenoxy) is 1. The van der Waals surface area contributed by atoms with E-state index in [0.29, 0.717) is 18.0 Å². The van der Waals surface area contributed by atoms with E-state index in [1.807, 2.05) is 13.0 Å². The summed E-state index contributed by atoms with van der Waals surface area (Å²) < 4.78 is 34.3. The second-order valence-corrected chi connectivity index (χ2v) is 10.3. The molecule has 3 aromatic carbocycles. The highest BCUT2D eigenvalue weighted by Gasteiger charge is 2.38. The molecule has 1 heterocycles. The van der Waals surface area contributed by atoms with Gasteiger partial charge < -0.3 is 10.1 Å². The van der Waals surface area contributed by atoms with Crippen molar-refractivity contribution in [1.29, 1.82) is 0 Å². The summed E-state index contributed by atoms with van der Waals surface area (Å²) in [6, 6.07) is 18.4. The minimum atomic E-state index is -3.80. The molecule has 0 spiro atoms. The van der Waals surface area contributed by atoms with E-state index in [1.165, 1.54) is 6.07 Å². The number of anilines is 2. The van der Waals surface area contributed by atoms with Crippen LogP contribution < -0.4 is 14.8 Å². The maximum absolute atomic E-state index is 13.1. The highest BCUT2D eigenvalue weighted by atomic mass is 32.2. The van der Waals surface area contributed by atoms with Gasteiger partial charge in [-0.2, -0.15) is 0 Å². The number of fused-ring (bicyclic) bond motifs is 3. The Bertz CT molecular complexity index is 1400. The molecule has 1 aliphatic heterocycles. The molecule has 0 saturated heterocycles. The molecule has 2 aliphatic rings. The van der Waals surface area contributed by atoms with Gasteiger partial charge in [-0.1, -0.05) is 24.3 Å². The van der Waals surface area contributed by atoms with Crippen molar-refractivity contribution in [3.63, 3.8) is 0 Å². The predicted molar refractivity (Wildman–Crippen MR) is 134 cm³/mol. The van der Waals surface area contributed by atoms with Crippen molar-refractivity contribution < 1.29 is 18.1 Å². The van der Waals surface area contributed by atoms with Crippen molar-refractivity contribution >= 4 is 27.1 Å². The monoisotopic (exact) mass is 491 g/mol. The highest BCUT2D eigenvalue weighted by molar-refractivity contribution is 7.92. The number of nitro benzene ring substituents is 1. The van der Waals surface area contributed by atoms with Crippen LogP contribution in [-0.4, -0.2) is 19.9 Å². The summed E-state index contributed by atoms with van der Waals surface area (Å²) in [5.74, 6) is 0.810. The zero-order valence-corrected chi connectivity index (χ0v) is 19.9. The number of nitrogens with one attached hydrogen (secondary N) is 2. The summed E-state index contributed by atoms with van der Waals surface area (Å²) in [5, 5.41) is 14.8. The maximum atomic E-state index is 13.1. The van der Waals surface area contributed by atoms with Gasteiger partial charge in [-0.25, -0.2) is 8.42 Å². The van der Waals surface area contributed by atoms with E-state index in [0.717, 1.165) is 23.2 Å². The Morgan fingerprint density at radius 3 is 2.66 bits per heavy atom. The van der Waals surface area contributed by atoms with Crippen molar-refractivity contribution in [2.24, 2.45) is 5.92 Å². The Morgan fingerprint density at radius 1 is 1.11 bits per heavy atom. The Hall–Kier alpha value is -3.85. The number of sulfonamides is 1. The number of nitrogens with zero attached hydrogens (tertiary/aromatic N) is 1. The molecule has 0 bridgehead atoms. The number of allylic oxidation sites excluding steroid dienone is 2. The Morgan fingerprint density at radius 2 is 1.91 bits per heavy atom. The van der Waals surface area contributed by atoms with Crippen LogP contribution in [0.1, 0.15) is 36.4 Å². The molecule has 1 aliphatic carbocycles. The first-order chi connectivity index (χ1) is 16.9. The van der Waals surface area contributed by atoms with Crippen LogP contribution in [0, 0.1) is 16.0 Å². The molecule has 9 heteroatoms. The second-order valence-electron chi connectivity index (χ2n) is 8.64. The standard InChI is InChI=1S/C26H25N3O5S/c1-2-34-20-11-9-18(10-12-20)28-35(32,33)21-13-14-25-24(16-21)22-7-4-8-23(22)26(27-25)17-5-3-6-19(15-17)29(30)31/h3-7,9-16,22-23,26-28H,2,8H2,1H3/t22-,23+,26+/m0/s1. The largest absolute Gasteiger partial charge is 0.494 e. The SMILES string of the molecule is CCOc1ccc(NS(=O)(=O)c2ccc3c(c2)[C@H]2C=CC[C@H]2[C@@H](c2cccc([N+](=O)[O-])c2)N3)cc1.